The number of carbonyl (C=O) groups is 3. The Morgan fingerprint density at radius 1 is 0.727 bits per heavy atom. The number of amides is 3. The van der Waals surface area contributed by atoms with Crippen LogP contribution >= 0.6 is 46.4 Å². The predicted octanol–water partition coefficient (Wildman–Crippen LogP) is 6.33. The first-order valence-corrected chi connectivity index (χ1v) is 10.9. The van der Waals surface area contributed by atoms with Crippen molar-refractivity contribution in [1.29, 1.82) is 0 Å². The second-order valence-electron chi connectivity index (χ2n) is 6.87. The highest BCUT2D eigenvalue weighted by molar-refractivity contribution is 6.54. The van der Waals surface area contributed by atoms with E-state index in [0.29, 0.717) is 16.9 Å². The van der Waals surface area contributed by atoms with Crippen LogP contribution in [0.1, 0.15) is 10.4 Å². The number of halogens is 4. The second kappa shape index (κ2) is 9.45. The third-order valence-electron chi connectivity index (χ3n) is 4.71. The summed E-state index contributed by atoms with van der Waals surface area (Å²) in [4.78, 5) is 38.8. The van der Waals surface area contributed by atoms with Gasteiger partial charge in [-0.3, -0.25) is 14.4 Å². The second-order valence-corrected chi connectivity index (χ2v) is 8.47. The van der Waals surface area contributed by atoms with Crippen molar-refractivity contribution in [1.82, 2.24) is 0 Å². The lowest BCUT2D eigenvalue weighted by Gasteiger charge is -2.17. The molecule has 0 saturated carbocycles. The third-order valence-corrected chi connectivity index (χ3v) is 6.08. The van der Waals surface area contributed by atoms with Crippen molar-refractivity contribution in [3.05, 3.63) is 98.1 Å². The maximum absolute atomic E-state index is 13.0. The summed E-state index contributed by atoms with van der Waals surface area (Å²) in [5, 5.41) is 5.67. The molecule has 10 heteroatoms. The first-order valence-electron chi connectivity index (χ1n) is 9.43. The largest absolute Gasteiger partial charge is 0.350 e. The van der Waals surface area contributed by atoms with Crippen LogP contribution in [0.2, 0.25) is 15.1 Å². The summed E-state index contributed by atoms with van der Waals surface area (Å²) in [7, 11) is 0. The number of imide groups is 1. The Labute approximate surface area is 208 Å². The molecule has 3 amide bonds. The van der Waals surface area contributed by atoms with E-state index in [9.17, 15) is 14.4 Å². The molecule has 0 unspecified atom stereocenters. The van der Waals surface area contributed by atoms with Crippen molar-refractivity contribution in [2.24, 2.45) is 0 Å². The van der Waals surface area contributed by atoms with E-state index in [-0.39, 0.29) is 37.4 Å². The molecule has 0 spiro atoms. The number of hydrogen-bond acceptors (Lipinski definition) is 4. The molecule has 0 bridgehead atoms. The van der Waals surface area contributed by atoms with E-state index >= 15 is 0 Å². The predicted molar refractivity (Wildman–Crippen MR) is 131 cm³/mol. The Morgan fingerprint density at radius 3 is 2.03 bits per heavy atom. The molecule has 0 saturated heterocycles. The number of nitrogens with zero attached hydrogens (tertiary/aromatic N) is 1. The Balaban J connectivity index is 1.52. The fraction of sp³-hybridized carbons (Fsp3) is 0. The first kappa shape index (κ1) is 23.1. The molecule has 1 aliphatic heterocycles. The van der Waals surface area contributed by atoms with Crippen molar-refractivity contribution in [2.45, 2.75) is 0 Å². The number of hydrogen-bond donors (Lipinski definition) is 2. The molecule has 3 aromatic rings. The van der Waals surface area contributed by atoms with Crippen molar-refractivity contribution >= 4 is 81.2 Å². The Morgan fingerprint density at radius 2 is 1.36 bits per heavy atom. The van der Waals surface area contributed by atoms with Gasteiger partial charge in [0.2, 0.25) is 0 Å². The van der Waals surface area contributed by atoms with Crippen LogP contribution in [-0.2, 0) is 9.59 Å². The number of rotatable bonds is 5. The topological polar surface area (TPSA) is 78.5 Å². The Bertz CT molecular complexity index is 1310. The molecule has 4 rings (SSSR count). The average molecular weight is 521 g/mol. The highest BCUT2D eigenvalue weighted by atomic mass is 35.5. The number of anilines is 3. The average Bonchev–Trinajstić information content (AvgIpc) is 3.00. The van der Waals surface area contributed by atoms with E-state index in [2.05, 4.69) is 10.6 Å². The minimum atomic E-state index is -0.761. The molecule has 33 heavy (non-hydrogen) atoms. The normalized spacial score (nSPS) is 13.5. The minimum absolute atomic E-state index is 0.0592. The summed E-state index contributed by atoms with van der Waals surface area (Å²) in [6.45, 7) is 0. The zero-order valence-corrected chi connectivity index (χ0v) is 19.6. The fourth-order valence-corrected chi connectivity index (χ4v) is 3.93. The molecule has 0 aliphatic carbocycles. The molecule has 0 radical (unpaired) electrons. The van der Waals surface area contributed by atoms with Gasteiger partial charge in [0.1, 0.15) is 10.7 Å². The number of carbonyl (C=O) groups excluding carboxylic acids is 3. The SMILES string of the molecule is O=C(Nc1ccccc1)c1ccc(NC2=C(Cl)C(=O)N(c3cc(Cl)c(Cl)cc3Cl)C2=O)cc1. The smallest absolute Gasteiger partial charge is 0.283 e. The van der Waals surface area contributed by atoms with Gasteiger partial charge < -0.3 is 10.6 Å². The Hall–Kier alpha value is -3.03. The van der Waals surface area contributed by atoms with E-state index in [1.165, 1.54) is 12.1 Å². The van der Waals surface area contributed by atoms with Crippen LogP contribution in [0.4, 0.5) is 17.1 Å². The molecule has 0 fully saturated rings. The summed E-state index contributed by atoms with van der Waals surface area (Å²) in [6, 6.07) is 18.0. The molecule has 166 valence electrons. The fourth-order valence-electron chi connectivity index (χ4n) is 3.09. The van der Waals surface area contributed by atoms with Crippen molar-refractivity contribution in [2.75, 3.05) is 15.5 Å². The number of benzene rings is 3. The number of nitrogens with one attached hydrogen (secondary N) is 2. The zero-order valence-electron chi connectivity index (χ0n) is 16.5. The van der Waals surface area contributed by atoms with E-state index < -0.39 is 11.8 Å². The molecule has 1 aliphatic rings. The van der Waals surface area contributed by atoms with Gasteiger partial charge in [0.05, 0.1) is 20.8 Å². The highest BCUT2D eigenvalue weighted by Crippen LogP contribution is 2.38. The monoisotopic (exact) mass is 519 g/mol. The maximum atomic E-state index is 13.0. The van der Waals surface area contributed by atoms with Crippen molar-refractivity contribution < 1.29 is 14.4 Å². The standard InChI is InChI=1S/C23H13Cl4N3O3/c24-15-10-17(26)18(11-16(15)25)30-22(32)19(27)20(23(30)33)28-14-8-6-12(7-9-14)21(31)29-13-4-2-1-3-5-13/h1-11,28H,(H,29,31). The highest BCUT2D eigenvalue weighted by Gasteiger charge is 2.40. The molecular formula is C23H13Cl4N3O3. The molecule has 0 aromatic heterocycles. The van der Waals surface area contributed by atoms with E-state index in [4.69, 9.17) is 46.4 Å². The van der Waals surface area contributed by atoms with Crippen LogP contribution in [0.5, 0.6) is 0 Å². The molecule has 6 nitrogen and oxygen atoms in total. The van der Waals surface area contributed by atoms with Crippen LogP contribution in [-0.4, -0.2) is 17.7 Å². The number of para-hydroxylation sites is 1. The lowest BCUT2D eigenvalue weighted by atomic mass is 10.2. The van der Waals surface area contributed by atoms with Gasteiger partial charge in [0.25, 0.3) is 17.7 Å². The quantitative estimate of drug-likeness (QED) is 0.304. The zero-order chi connectivity index (χ0) is 23.7. The third kappa shape index (κ3) is 4.70. The lowest BCUT2D eigenvalue weighted by Crippen LogP contribution is -2.32. The lowest BCUT2D eigenvalue weighted by molar-refractivity contribution is -0.120. The van der Waals surface area contributed by atoms with Gasteiger partial charge in [-0.2, -0.15) is 0 Å². The van der Waals surface area contributed by atoms with E-state index in [0.717, 1.165) is 4.90 Å². The van der Waals surface area contributed by atoms with Crippen LogP contribution in [0.15, 0.2) is 77.5 Å². The van der Waals surface area contributed by atoms with E-state index in [1.54, 1.807) is 36.4 Å². The summed E-state index contributed by atoms with van der Waals surface area (Å²) < 4.78 is 0. The van der Waals surface area contributed by atoms with Crippen molar-refractivity contribution in [3.8, 4) is 0 Å². The van der Waals surface area contributed by atoms with Gasteiger partial charge in [-0.05, 0) is 48.5 Å². The van der Waals surface area contributed by atoms with Gasteiger partial charge in [0.15, 0.2) is 0 Å². The van der Waals surface area contributed by atoms with Crippen LogP contribution in [0, 0.1) is 0 Å². The van der Waals surface area contributed by atoms with Gasteiger partial charge in [0, 0.05) is 16.9 Å². The first-order chi connectivity index (χ1) is 15.8. The van der Waals surface area contributed by atoms with Gasteiger partial charge in [-0.25, -0.2) is 4.90 Å². The van der Waals surface area contributed by atoms with Crippen LogP contribution in [0.3, 0.4) is 0 Å². The molecule has 3 aromatic carbocycles. The van der Waals surface area contributed by atoms with Gasteiger partial charge in [-0.15, -0.1) is 0 Å². The van der Waals surface area contributed by atoms with Gasteiger partial charge >= 0.3 is 0 Å². The Kier molecular flexibility index (Phi) is 6.63. The molecule has 1 heterocycles. The summed E-state index contributed by atoms with van der Waals surface area (Å²) in [6.07, 6.45) is 0. The van der Waals surface area contributed by atoms with Gasteiger partial charge in [-0.1, -0.05) is 64.6 Å². The van der Waals surface area contributed by atoms with E-state index in [1.807, 2.05) is 18.2 Å². The summed E-state index contributed by atoms with van der Waals surface area (Å²) in [5.41, 5.74) is 1.44. The molecular weight excluding hydrogens is 508 g/mol. The maximum Gasteiger partial charge on any atom is 0.283 e. The van der Waals surface area contributed by atoms with Crippen LogP contribution < -0.4 is 15.5 Å². The molecule has 2 N–H and O–H groups in total. The molecule has 0 atom stereocenters. The summed E-state index contributed by atoms with van der Waals surface area (Å²) >= 11 is 24.3. The van der Waals surface area contributed by atoms with Crippen molar-refractivity contribution in [3.63, 3.8) is 0 Å². The minimum Gasteiger partial charge on any atom is -0.350 e. The van der Waals surface area contributed by atoms with Crippen LogP contribution in [0.25, 0.3) is 0 Å². The summed E-state index contributed by atoms with van der Waals surface area (Å²) in [5.74, 6) is -1.77.